The van der Waals surface area contributed by atoms with Crippen molar-refractivity contribution in [2.24, 2.45) is 7.05 Å². The van der Waals surface area contributed by atoms with Crippen molar-refractivity contribution in [3.8, 4) is 0 Å². The van der Waals surface area contributed by atoms with Crippen LogP contribution in [0.4, 0.5) is 0 Å². The number of imidazole rings is 1. The summed E-state index contributed by atoms with van der Waals surface area (Å²) in [5.41, 5.74) is -2.28. The Morgan fingerprint density at radius 1 is 1.57 bits per heavy atom. The smallest absolute Gasteiger partial charge is 0.337 e. The first-order valence-corrected chi connectivity index (χ1v) is 4.02. The lowest BCUT2D eigenvalue weighted by Crippen LogP contribution is -2.42. The molecule has 78 valence electrons. The summed E-state index contributed by atoms with van der Waals surface area (Å²) in [4.78, 5) is 21.9. The van der Waals surface area contributed by atoms with Gasteiger partial charge in [-0.15, -0.1) is 0 Å². The zero-order valence-corrected chi connectivity index (χ0v) is 7.97. The fourth-order valence-electron chi connectivity index (χ4n) is 1.03. The van der Waals surface area contributed by atoms with Gasteiger partial charge in [0, 0.05) is 19.4 Å². The van der Waals surface area contributed by atoms with Gasteiger partial charge < -0.3 is 14.8 Å². The van der Waals surface area contributed by atoms with E-state index in [0.717, 1.165) is 11.5 Å². The highest BCUT2D eigenvalue weighted by Crippen LogP contribution is 2.05. The summed E-state index contributed by atoms with van der Waals surface area (Å²) in [6, 6.07) is 0. The molecule has 1 rings (SSSR count). The summed E-state index contributed by atoms with van der Waals surface area (Å²) in [6.07, 6.45) is 2.93. The van der Waals surface area contributed by atoms with Crippen LogP contribution in [0, 0.1) is 0 Å². The number of aromatic nitrogens is 2. The van der Waals surface area contributed by atoms with E-state index < -0.39 is 11.6 Å². The maximum Gasteiger partial charge on any atom is 0.337 e. The highest BCUT2D eigenvalue weighted by molar-refractivity contribution is 5.76. The number of hydrogen-bond donors (Lipinski definition) is 2. The Hall–Kier alpha value is -1.56. The van der Waals surface area contributed by atoms with Crippen LogP contribution in [-0.4, -0.2) is 30.9 Å². The quantitative estimate of drug-likeness (QED) is 0.657. The van der Waals surface area contributed by atoms with E-state index in [9.17, 15) is 14.7 Å². The van der Waals surface area contributed by atoms with Crippen molar-refractivity contribution in [3.63, 3.8) is 0 Å². The largest absolute Gasteiger partial charge is 0.479 e. The number of aryl methyl sites for hydroxylation is 1. The Morgan fingerprint density at radius 2 is 2.14 bits per heavy atom. The van der Waals surface area contributed by atoms with Crippen LogP contribution in [-0.2, 0) is 18.4 Å². The fraction of sp³-hybridized carbons (Fsp3) is 0.500. The third-order valence-corrected chi connectivity index (χ3v) is 1.96. The summed E-state index contributed by atoms with van der Waals surface area (Å²) in [5.74, 6) is -1.35. The van der Waals surface area contributed by atoms with Crippen LogP contribution >= 0.6 is 0 Å². The Morgan fingerprint density at radius 3 is 2.50 bits per heavy atom. The lowest BCUT2D eigenvalue weighted by atomic mass is 10.1. The van der Waals surface area contributed by atoms with E-state index in [0.29, 0.717) is 0 Å². The minimum absolute atomic E-state index is 0.262. The zero-order valence-electron chi connectivity index (χ0n) is 7.97. The molecule has 0 aliphatic heterocycles. The van der Waals surface area contributed by atoms with Gasteiger partial charge in [-0.2, -0.15) is 0 Å². The molecule has 0 aliphatic rings. The number of carboxylic acid groups (broad SMARTS) is 1. The number of aliphatic carboxylic acids is 1. The number of carboxylic acids is 1. The molecule has 1 aromatic rings. The molecule has 0 bridgehead atoms. The zero-order chi connectivity index (χ0) is 10.9. The predicted octanol–water partition coefficient (Wildman–Crippen LogP) is -0.978. The van der Waals surface area contributed by atoms with E-state index >= 15 is 0 Å². The third kappa shape index (κ3) is 1.85. The molecule has 1 aromatic heterocycles. The Kier molecular flexibility index (Phi) is 2.48. The van der Waals surface area contributed by atoms with E-state index in [1.54, 1.807) is 7.05 Å². The molecule has 0 saturated heterocycles. The normalized spacial score (nSPS) is 15.1. The van der Waals surface area contributed by atoms with Crippen LogP contribution in [0.5, 0.6) is 0 Å². The van der Waals surface area contributed by atoms with Gasteiger partial charge in [-0.05, 0) is 6.92 Å². The lowest BCUT2D eigenvalue weighted by Gasteiger charge is -2.17. The maximum absolute atomic E-state index is 11.3. The first-order chi connectivity index (χ1) is 6.34. The monoisotopic (exact) mass is 200 g/mol. The number of hydrogen-bond acceptors (Lipinski definition) is 3. The van der Waals surface area contributed by atoms with Crippen molar-refractivity contribution >= 4 is 5.97 Å². The van der Waals surface area contributed by atoms with E-state index in [-0.39, 0.29) is 12.2 Å². The summed E-state index contributed by atoms with van der Waals surface area (Å²) < 4.78 is 2.45. The second-order valence-corrected chi connectivity index (χ2v) is 3.40. The average Bonchev–Trinajstić information content (AvgIpc) is 2.35. The first-order valence-electron chi connectivity index (χ1n) is 4.02. The summed E-state index contributed by atoms with van der Waals surface area (Å²) in [5, 5.41) is 18.0. The van der Waals surface area contributed by atoms with Crippen molar-refractivity contribution in [2.45, 2.75) is 19.1 Å². The molecule has 0 radical (unpaired) electrons. The van der Waals surface area contributed by atoms with Gasteiger partial charge in [0.2, 0.25) is 0 Å². The van der Waals surface area contributed by atoms with E-state index in [1.807, 2.05) is 0 Å². The molecule has 2 N–H and O–H groups in total. The maximum atomic E-state index is 11.3. The molecule has 1 heterocycles. The fourth-order valence-corrected chi connectivity index (χ4v) is 1.03. The van der Waals surface area contributed by atoms with Gasteiger partial charge in [-0.25, -0.2) is 9.59 Å². The van der Waals surface area contributed by atoms with Gasteiger partial charge in [0.05, 0.1) is 6.54 Å². The molecule has 1 atom stereocenters. The SMILES string of the molecule is Cn1ccn(CC(C)(O)C(=O)O)c1=O. The summed E-state index contributed by atoms with van der Waals surface area (Å²) in [6.45, 7) is 0.886. The van der Waals surface area contributed by atoms with E-state index in [2.05, 4.69) is 0 Å². The topological polar surface area (TPSA) is 84.5 Å². The van der Waals surface area contributed by atoms with Gasteiger partial charge in [0.15, 0.2) is 5.60 Å². The summed E-state index contributed by atoms with van der Waals surface area (Å²) in [7, 11) is 1.55. The van der Waals surface area contributed by atoms with Gasteiger partial charge >= 0.3 is 11.7 Å². The van der Waals surface area contributed by atoms with Crippen LogP contribution in [0.15, 0.2) is 17.2 Å². The molecular formula is C8H12N2O4. The predicted molar refractivity (Wildman–Crippen MR) is 47.9 cm³/mol. The van der Waals surface area contributed by atoms with Gasteiger partial charge in [0.1, 0.15) is 0 Å². The second-order valence-electron chi connectivity index (χ2n) is 3.40. The molecule has 0 aromatic carbocycles. The highest BCUT2D eigenvalue weighted by atomic mass is 16.4. The molecule has 1 unspecified atom stereocenters. The molecular weight excluding hydrogens is 188 g/mol. The molecule has 0 aliphatic carbocycles. The second kappa shape index (κ2) is 3.30. The lowest BCUT2D eigenvalue weighted by molar-refractivity contribution is -0.157. The van der Waals surface area contributed by atoms with Crippen LogP contribution in [0.2, 0.25) is 0 Å². The first kappa shape index (κ1) is 10.5. The highest BCUT2D eigenvalue weighted by Gasteiger charge is 2.30. The number of carbonyl (C=O) groups is 1. The molecule has 6 nitrogen and oxygen atoms in total. The van der Waals surface area contributed by atoms with Crippen molar-refractivity contribution in [3.05, 3.63) is 22.9 Å². The standard InChI is InChI=1S/C8H12N2O4/c1-8(14,6(11)12)5-10-4-3-9(2)7(10)13/h3-4,14H,5H2,1-2H3,(H,11,12). The van der Waals surface area contributed by atoms with E-state index in [4.69, 9.17) is 5.11 Å². The molecule has 0 amide bonds. The van der Waals surface area contributed by atoms with Gasteiger partial charge in [-0.3, -0.25) is 4.57 Å². The van der Waals surface area contributed by atoms with Crippen molar-refractivity contribution < 1.29 is 15.0 Å². The van der Waals surface area contributed by atoms with Crippen LogP contribution in [0.1, 0.15) is 6.92 Å². The van der Waals surface area contributed by atoms with Crippen molar-refractivity contribution in [1.29, 1.82) is 0 Å². The van der Waals surface area contributed by atoms with Gasteiger partial charge in [0.25, 0.3) is 0 Å². The molecule has 0 saturated carbocycles. The van der Waals surface area contributed by atoms with E-state index in [1.165, 1.54) is 17.0 Å². The van der Waals surface area contributed by atoms with Gasteiger partial charge in [-0.1, -0.05) is 0 Å². The van der Waals surface area contributed by atoms with Crippen LogP contribution in [0.25, 0.3) is 0 Å². The molecule has 14 heavy (non-hydrogen) atoms. The number of nitrogens with zero attached hydrogens (tertiary/aromatic N) is 2. The van der Waals surface area contributed by atoms with Crippen molar-refractivity contribution in [2.75, 3.05) is 0 Å². The van der Waals surface area contributed by atoms with Crippen LogP contribution < -0.4 is 5.69 Å². The molecule has 0 fully saturated rings. The summed E-state index contributed by atoms with van der Waals surface area (Å²) >= 11 is 0. The third-order valence-electron chi connectivity index (χ3n) is 1.96. The van der Waals surface area contributed by atoms with Crippen molar-refractivity contribution in [1.82, 2.24) is 9.13 Å². The Balaban J connectivity index is 2.95. The Labute approximate surface area is 80.0 Å². The minimum Gasteiger partial charge on any atom is -0.479 e. The number of aliphatic hydroxyl groups is 1. The average molecular weight is 200 g/mol. The van der Waals surface area contributed by atoms with Crippen LogP contribution in [0.3, 0.4) is 0 Å². The molecule has 0 spiro atoms. The molecule has 6 heteroatoms. The minimum atomic E-state index is -1.93. The number of rotatable bonds is 3. The Bertz CT molecular complexity index is 402.